The molecule has 30 heavy (non-hydrogen) atoms. The van der Waals surface area contributed by atoms with Gasteiger partial charge in [0, 0.05) is 49.9 Å². The second-order valence-electron chi connectivity index (χ2n) is 7.44. The summed E-state index contributed by atoms with van der Waals surface area (Å²) in [5.74, 6) is 1.07. The van der Waals surface area contributed by atoms with Crippen molar-refractivity contribution in [3.8, 4) is 0 Å². The Kier molecular flexibility index (Phi) is 5.97. The molecule has 2 aromatic heterocycles. The third-order valence-electron chi connectivity index (χ3n) is 5.42. The van der Waals surface area contributed by atoms with E-state index in [-0.39, 0.29) is 11.8 Å². The highest BCUT2D eigenvalue weighted by molar-refractivity contribution is 6.01. The Morgan fingerprint density at radius 2 is 1.97 bits per heavy atom. The van der Waals surface area contributed by atoms with E-state index in [0.717, 1.165) is 29.4 Å². The molecule has 4 rings (SSSR count). The number of rotatable bonds is 6. The van der Waals surface area contributed by atoms with Crippen molar-refractivity contribution in [2.24, 2.45) is 0 Å². The second-order valence-corrected chi connectivity index (χ2v) is 7.44. The van der Waals surface area contributed by atoms with Crippen molar-refractivity contribution in [3.05, 3.63) is 60.2 Å². The second kappa shape index (κ2) is 8.98. The quantitative estimate of drug-likeness (QED) is 0.636. The SMILES string of the molecule is CCCCNC(=O)c1ccc2ccnc(N3CCN(C(=O)c4ccco4)CC3)c2c1. The van der Waals surface area contributed by atoms with Gasteiger partial charge >= 0.3 is 0 Å². The lowest BCUT2D eigenvalue weighted by atomic mass is 10.1. The van der Waals surface area contributed by atoms with Gasteiger partial charge in [-0.1, -0.05) is 19.4 Å². The molecule has 1 saturated heterocycles. The minimum atomic E-state index is -0.0865. The van der Waals surface area contributed by atoms with E-state index in [1.54, 1.807) is 23.2 Å². The molecule has 0 aliphatic carbocycles. The number of unbranched alkanes of at least 4 members (excludes halogenated alkanes) is 1. The standard InChI is InChI=1S/C23H26N4O3/c1-2-3-9-25-22(28)18-7-6-17-8-10-24-21(19(17)16-18)26-11-13-27(14-12-26)23(29)20-5-4-15-30-20/h4-8,10,15-16H,2-3,9,11-14H2,1H3,(H,25,28). The molecule has 7 heteroatoms. The summed E-state index contributed by atoms with van der Waals surface area (Å²) in [7, 11) is 0. The number of carbonyl (C=O) groups is 2. The highest BCUT2D eigenvalue weighted by Gasteiger charge is 2.25. The van der Waals surface area contributed by atoms with Gasteiger partial charge in [-0.15, -0.1) is 0 Å². The van der Waals surface area contributed by atoms with Crippen LogP contribution in [0.1, 0.15) is 40.7 Å². The summed E-state index contributed by atoms with van der Waals surface area (Å²) >= 11 is 0. The predicted octanol–water partition coefficient (Wildman–Crippen LogP) is 3.32. The highest BCUT2D eigenvalue weighted by Crippen LogP contribution is 2.26. The molecular weight excluding hydrogens is 380 g/mol. The molecule has 1 N–H and O–H groups in total. The summed E-state index contributed by atoms with van der Waals surface area (Å²) in [5, 5.41) is 4.96. The first kappa shape index (κ1) is 19.9. The van der Waals surface area contributed by atoms with Crippen molar-refractivity contribution < 1.29 is 14.0 Å². The lowest BCUT2D eigenvalue weighted by Crippen LogP contribution is -2.49. The van der Waals surface area contributed by atoms with Crippen molar-refractivity contribution in [1.82, 2.24) is 15.2 Å². The normalized spacial score (nSPS) is 14.2. The summed E-state index contributed by atoms with van der Waals surface area (Å²) in [4.78, 5) is 33.6. The van der Waals surface area contributed by atoms with E-state index in [1.807, 2.05) is 24.3 Å². The van der Waals surface area contributed by atoms with Crippen LogP contribution >= 0.6 is 0 Å². The van der Waals surface area contributed by atoms with Crippen LogP contribution in [0.5, 0.6) is 0 Å². The Labute approximate surface area is 175 Å². The number of carbonyl (C=O) groups excluding carboxylic acids is 2. The van der Waals surface area contributed by atoms with Gasteiger partial charge in [-0.25, -0.2) is 4.98 Å². The highest BCUT2D eigenvalue weighted by atomic mass is 16.3. The molecule has 3 aromatic rings. The van der Waals surface area contributed by atoms with Crippen LogP contribution in [0.2, 0.25) is 0 Å². The molecule has 0 spiro atoms. The summed E-state index contributed by atoms with van der Waals surface area (Å²) in [6.45, 7) is 5.31. The van der Waals surface area contributed by atoms with Crippen LogP contribution in [0.4, 0.5) is 5.82 Å². The van der Waals surface area contributed by atoms with Gasteiger partial charge in [-0.3, -0.25) is 9.59 Å². The van der Waals surface area contributed by atoms with Gasteiger partial charge in [-0.2, -0.15) is 0 Å². The lowest BCUT2D eigenvalue weighted by molar-refractivity contribution is 0.0714. The maximum Gasteiger partial charge on any atom is 0.289 e. The van der Waals surface area contributed by atoms with E-state index in [0.29, 0.717) is 44.0 Å². The van der Waals surface area contributed by atoms with Gasteiger partial charge in [-0.05, 0) is 42.1 Å². The van der Waals surface area contributed by atoms with Gasteiger partial charge in [0.15, 0.2) is 5.76 Å². The molecule has 0 bridgehead atoms. The molecule has 1 aliphatic rings. The third-order valence-corrected chi connectivity index (χ3v) is 5.42. The van der Waals surface area contributed by atoms with Crippen LogP contribution in [-0.2, 0) is 0 Å². The molecule has 0 radical (unpaired) electrons. The number of fused-ring (bicyclic) bond motifs is 1. The van der Waals surface area contributed by atoms with E-state index in [2.05, 4.69) is 22.1 Å². The number of anilines is 1. The molecule has 0 saturated carbocycles. The molecule has 0 unspecified atom stereocenters. The van der Waals surface area contributed by atoms with Gasteiger partial charge in [0.25, 0.3) is 11.8 Å². The van der Waals surface area contributed by atoms with Gasteiger partial charge < -0.3 is 19.5 Å². The fourth-order valence-electron chi connectivity index (χ4n) is 3.70. The van der Waals surface area contributed by atoms with E-state index < -0.39 is 0 Å². The van der Waals surface area contributed by atoms with Crippen LogP contribution in [-0.4, -0.2) is 54.4 Å². The fraction of sp³-hybridized carbons (Fsp3) is 0.348. The van der Waals surface area contributed by atoms with Crippen LogP contribution in [0.15, 0.2) is 53.3 Å². The van der Waals surface area contributed by atoms with E-state index >= 15 is 0 Å². The number of pyridine rings is 1. The molecular formula is C23H26N4O3. The first-order valence-corrected chi connectivity index (χ1v) is 10.4. The van der Waals surface area contributed by atoms with Crippen LogP contribution < -0.4 is 10.2 Å². The number of nitrogens with zero attached hydrogens (tertiary/aromatic N) is 3. The summed E-state index contributed by atoms with van der Waals surface area (Å²) in [5.41, 5.74) is 0.638. The summed E-state index contributed by atoms with van der Waals surface area (Å²) in [6, 6.07) is 11.1. The van der Waals surface area contributed by atoms with Crippen molar-refractivity contribution in [1.29, 1.82) is 0 Å². The molecule has 2 amide bonds. The smallest absolute Gasteiger partial charge is 0.289 e. The molecule has 0 atom stereocenters. The zero-order valence-corrected chi connectivity index (χ0v) is 17.1. The van der Waals surface area contributed by atoms with Crippen LogP contribution in [0.3, 0.4) is 0 Å². The van der Waals surface area contributed by atoms with Crippen molar-refractivity contribution >= 4 is 28.4 Å². The molecule has 156 valence electrons. The van der Waals surface area contributed by atoms with E-state index in [1.165, 1.54) is 6.26 Å². The number of nitrogens with one attached hydrogen (secondary N) is 1. The lowest BCUT2D eigenvalue weighted by Gasteiger charge is -2.35. The Hall–Kier alpha value is -3.35. The number of aromatic nitrogens is 1. The van der Waals surface area contributed by atoms with Gasteiger partial charge in [0.2, 0.25) is 0 Å². The number of piperazine rings is 1. The number of amides is 2. The van der Waals surface area contributed by atoms with Gasteiger partial charge in [0.05, 0.1) is 6.26 Å². The predicted molar refractivity (Wildman–Crippen MR) is 116 cm³/mol. The van der Waals surface area contributed by atoms with Crippen molar-refractivity contribution in [3.63, 3.8) is 0 Å². The van der Waals surface area contributed by atoms with Crippen molar-refractivity contribution in [2.45, 2.75) is 19.8 Å². The average Bonchev–Trinajstić information content (AvgIpc) is 3.33. The average molecular weight is 406 g/mol. The molecule has 1 fully saturated rings. The van der Waals surface area contributed by atoms with Crippen LogP contribution in [0, 0.1) is 0 Å². The first-order chi connectivity index (χ1) is 14.7. The number of furan rings is 1. The monoisotopic (exact) mass is 406 g/mol. The summed E-state index contributed by atoms with van der Waals surface area (Å²) < 4.78 is 5.23. The third kappa shape index (κ3) is 4.15. The van der Waals surface area contributed by atoms with Crippen molar-refractivity contribution in [2.75, 3.05) is 37.6 Å². The zero-order chi connectivity index (χ0) is 20.9. The molecule has 1 aromatic carbocycles. The Balaban J connectivity index is 1.50. The van der Waals surface area contributed by atoms with Gasteiger partial charge in [0.1, 0.15) is 5.82 Å². The van der Waals surface area contributed by atoms with E-state index in [4.69, 9.17) is 4.42 Å². The number of hydrogen-bond acceptors (Lipinski definition) is 5. The maximum absolute atomic E-state index is 12.5. The van der Waals surface area contributed by atoms with Crippen LogP contribution in [0.25, 0.3) is 10.8 Å². The minimum absolute atomic E-state index is 0.0611. The minimum Gasteiger partial charge on any atom is -0.459 e. The molecule has 3 heterocycles. The van der Waals surface area contributed by atoms with E-state index in [9.17, 15) is 9.59 Å². The number of hydrogen-bond donors (Lipinski definition) is 1. The fourth-order valence-corrected chi connectivity index (χ4v) is 3.70. The molecule has 7 nitrogen and oxygen atoms in total. The Morgan fingerprint density at radius 1 is 1.13 bits per heavy atom. The zero-order valence-electron chi connectivity index (χ0n) is 17.1. The first-order valence-electron chi connectivity index (χ1n) is 10.4. The maximum atomic E-state index is 12.5. The molecule has 1 aliphatic heterocycles. The Bertz CT molecular complexity index is 1020. The Morgan fingerprint density at radius 3 is 2.70 bits per heavy atom. The largest absolute Gasteiger partial charge is 0.459 e. The topological polar surface area (TPSA) is 78.7 Å². The number of benzene rings is 1. The summed E-state index contributed by atoms with van der Waals surface area (Å²) in [6.07, 6.45) is 5.31.